The minimum Gasteiger partial charge on any atom is -0.335 e. The molecule has 0 spiro atoms. The number of aromatic amines is 2. The molecule has 2 aromatic carbocycles. The van der Waals surface area contributed by atoms with Gasteiger partial charge < -0.3 is 4.98 Å². The molecule has 31 heavy (non-hydrogen) atoms. The van der Waals surface area contributed by atoms with Crippen molar-refractivity contribution in [1.82, 2.24) is 30.1 Å². The smallest absolute Gasteiger partial charge is 0.178 e. The van der Waals surface area contributed by atoms with E-state index in [0.29, 0.717) is 17.2 Å². The molecule has 7 heteroatoms. The van der Waals surface area contributed by atoms with Crippen LogP contribution in [0, 0.1) is 5.82 Å². The topological polar surface area (TPSA) is 83.1 Å². The summed E-state index contributed by atoms with van der Waals surface area (Å²) in [6, 6.07) is 18.3. The minimum absolute atomic E-state index is 0.272. The summed E-state index contributed by atoms with van der Waals surface area (Å²) in [6.45, 7) is 0. The van der Waals surface area contributed by atoms with Crippen molar-refractivity contribution in [2.45, 2.75) is 0 Å². The van der Waals surface area contributed by atoms with Crippen molar-refractivity contribution in [3.63, 3.8) is 0 Å². The van der Waals surface area contributed by atoms with Gasteiger partial charge in [-0.3, -0.25) is 10.1 Å². The second-order valence-electron chi connectivity index (χ2n) is 7.22. The van der Waals surface area contributed by atoms with Gasteiger partial charge in [0.1, 0.15) is 11.5 Å². The highest BCUT2D eigenvalue weighted by molar-refractivity contribution is 5.97. The third-order valence-corrected chi connectivity index (χ3v) is 5.33. The van der Waals surface area contributed by atoms with Gasteiger partial charge in [0.25, 0.3) is 0 Å². The summed E-state index contributed by atoms with van der Waals surface area (Å²) in [5, 5.41) is 8.52. The van der Waals surface area contributed by atoms with E-state index >= 15 is 0 Å². The van der Waals surface area contributed by atoms with Gasteiger partial charge in [0, 0.05) is 35.1 Å². The van der Waals surface area contributed by atoms with Crippen LogP contribution in [0.15, 0.2) is 79.3 Å². The van der Waals surface area contributed by atoms with E-state index < -0.39 is 0 Å². The summed E-state index contributed by atoms with van der Waals surface area (Å²) in [7, 11) is 0. The molecule has 0 amide bonds. The average molecular weight is 406 g/mol. The minimum atomic E-state index is -0.272. The number of hydrogen-bond acceptors (Lipinski definition) is 4. The molecule has 0 bridgehead atoms. The lowest BCUT2D eigenvalue weighted by Crippen LogP contribution is -1.84. The Bertz CT molecular complexity index is 1530. The Morgan fingerprint density at radius 3 is 2.55 bits per heavy atom. The first-order chi connectivity index (χ1) is 15.3. The second-order valence-corrected chi connectivity index (χ2v) is 7.22. The number of benzene rings is 2. The molecule has 4 aromatic heterocycles. The van der Waals surface area contributed by atoms with Gasteiger partial charge in [-0.15, -0.1) is 0 Å². The molecule has 4 heterocycles. The third kappa shape index (κ3) is 2.95. The van der Waals surface area contributed by atoms with Gasteiger partial charge in [0.05, 0.1) is 11.0 Å². The zero-order valence-electron chi connectivity index (χ0n) is 16.2. The van der Waals surface area contributed by atoms with Crippen LogP contribution in [0.1, 0.15) is 0 Å². The van der Waals surface area contributed by atoms with Gasteiger partial charge in [-0.2, -0.15) is 5.10 Å². The molecule has 6 aromatic rings. The van der Waals surface area contributed by atoms with Gasteiger partial charge >= 0.3 is 0 Å². The monoisotopic (exact) mass is 406 g/mol. The van der Waals surface area contributed by atoms with Crippen LogP contribution in [0.3, 0.4) is 0 Å². The fourth-order valence-electron chi connectivity index (χ4n) is 3.80. The van der Waals surface area contributed by atoms with Crippen molar-refractivity contribution in [1.29, 1.82) is 0 Å². The molecule has 0 saturated carbocycles. The fraction of sp³-hybridized carbons (Fsp3) is 0. The number of rotatable bonds is 3. The number of halogens is 1. The summed E-state index contributed by atoms with van der Waals surface area (Å²) in [5.41, 5.74) is 6.85. The summed E-state index contributed by atoms with van der Waals surface area (Å²) >= 11 is 0. The molecule has 6 rings (SSSR count). The molecule has 0 radical (unpaired) electrons. The lowest BCUT2D eigenvalue weighted by atomic mass is 10.0. The Morgan fingerprint density at radius 1 is 0.839 bits per heavy atom. The first-order valence-corrected chi connectivity index (χ1v) is 9.76. The number of nitrogens with one attached hydrogen (secondary N) is 2. The van der Waals surface area contributed by atoms with Crippen molar-refractivity contribution in [3.05, 3.63) is 85.1 Å². The molecule has 148 valence electrons. The van der Waals surface area contributed by atoms with E-state index in [1.165, 1.54) is 12.1 Å². The number of hydrogen-bond donors (Lipinski definition) is 2. The van der Waals surface area contributed by atoms with Crippen molar-refractivity contribution in [2.24, 2.45) is 0 Å². The maximum Gasteiger partial charge on any atom is 0.178 e. The highest BCUT2D eigenvalue weighted by Gasteiger charge is 2.16. The maximum absolute atomic E-state index is 13.4. The van der Waals surface area contributed by atoms with Crippen LogP contribution >= 0.6 is 0 Å². The Hall–Kier alpha value is -4.39. The zero-order chi connectivity index (χ0) is 20.8. The van der Waals surface area contributed by atoms with E-state index in [1.54, 1.807) is 24.5 Å². The quantitative estimate of drug-likeness (QED) is 0.414. The molecule has 6 nitrogen and oxygen atoms in total. The molecule has 0 unspecified atom stereocenters. The number of fused-ring (bicyclic) bond motifs is 2. The van der Waals surface area contributed by atoms with E-state index in [4.69, 9.17) is 0 Å². The number of pyridine rings is 2. The number of aromatic nitrogens is 6. The molecule has 0 aliphatic rings. The Kier molecular flexibility index (Phi) is 3.86. The van der Waals surface area contributed by atoms with E-state index in [0.717, 1.165) is 38.7 Å². The van der Waals surface area contributed by atoms with E-state index in [1.807, 2.05) is 36.5 Å². The standard InChI is InChI=1S/C24H15FN6/c25-17-6-3-14(4-7-17)18-9-11-27-23-21(18)28-24(29-23)22-19-12-15(5-8-20(19)30-31-22)16-2-1-10-26-13-16/h1-13H,(H,30,31)(H,27,28,29). The first kappa shape index (κ1) is 17.5. The summed E-state index contributed by atoms with van der Waals surface area (Å²) in [6.07, 6.45) is 5.29. The Balaban J connectivity index is 1.51. The highest BCUT2D eigenvalue weighted by atomic mass is 19.1. The number of imidazole rings is 1. The largest absolute Gasteiger partial charge is 0.335 e. The van der Waals surface area contributed by atoms with Crippen LogP contribution in [-0.2, 0) is 0 Å². The summed E-state index contributed by atoms with van der Waals surface area (Å²) in [4.78, 5) is 16.7. The number of H-pyrrole nitrogens is 2. The number of nitrogens with zero attached hydrogens (tertiary/aromatic N) is 4. The fourth-order valence-corrected chi connectivity index (χ4v) is 3.80. The van der Waals surface area contributed by atoms with Crippen molar-refractivity contribution in [3.8, 4) is 33.8 Å². The Labute approximate surface area is 175 Å². The highest BCUT2D eigenvalue weighted by Crippen LogP contribution is 2.32. The molecule has 0 aliphatic heterocycles. The van der Waals surface area contributed by atoms with Crippen LogP contribution in [0.4, 0.5) is 4.39 Å². The third-order valence-electron chi connectivity index (χ3n) is 5.33. The lowest BCUT2D eigenvalue weighted by molar-refractivity contribution is 0.628. The van der Waals surface area contributed by atoms with Gasteiger partial charge in [-0.05, 0) is 47.5 Å². The van der Waals surface area contributed by atoms with Gasteiger partial charge in [-0.1, -0.05) is 24.3 Å². The molecule has 2 N–H and O–H groups in total. The van der Waals surface area contributed by atoms with Gasteiger partial charge in [-0.25, -0.2) is 14.4 Å². The van der Waals surface area contributed by atoms with Crippen molar-refractivity contribution >= 4 is 22.1 Å². The summed E-state index contributed by atoms with van der Waals surface area (Å²) in [5.74, 6) is 0.346. The lowest BCUT2D eigenvalue weighted by Gasteiger charge is -2.02. The maximum atomic E-state index is 13.4. The van der Waals surface area contributed by atoms with Crippen molar-refractivity contribution in [2.75, 3.05) is 0 Å². The first-order valence-electron chi connectivity index (χ1n) is 9.76. The zero-order valence-corrected chi connectivity index (χ0v) is 16.2. The predicted octanol–water partition coefficient (Wildman–Crippen LogP) is 5.37. The predicted molar refractivity (Wildman–Crippen MR) is 118 cm³/mol. The molecule has 0 fully saturated rings. The van der Waals surface area contributed by atoms with Crippen LogP contribution in [0.5, 0.6) is 0 Å². The van der Waals surface area contributed by atoms with E-state index in [-0.39, 0.29) is 5.82 Å². The van der Waals surface area contributed by atoms with Crippen molar-refractivity contribution < 1.29 is 4.39 Å². The summed E-state index contributed by atoms with van der Waals surface area (Å²) < 4.78 is 13.4. The second kappa shape index (κ2) is 6.84. The molecule has 0 aliphatic carbocycles. The van der Waals surface area contributed by atoms with E-state index in [9.17, 15) is 4.39 Å². The molecular weight excluding hydrogens is 391 g/mol. The van der Waals surface area contributed by atoms with Crippen LogP contribution in [-0.4, -0.2) is 30.1 Å². The molecular formula is C24H15FN6. The van der Waals surface area contributed by atoms with E-state index in [2.05, 4.69) is 36.2 Å². The van der Waals surface area contributed by atoms with Gasteiger partial charge in [0.15, 0.2) is 11.5 Å². The molecule has 0 atom stereocenters. The van der Waals surface area contributed by atoms with Crippen LogP contribution in [0.25, 0.3) is 55.8 Å². The SMILES string of the molecule is Fc1ccc(-c2ccnc3nc(-c4n[nH]c5ccc(-c6cccnc6)cc45)[nH]c23)cc1. The van der Waals surface area contributed by atoms with Crippen LogP contribution < -0.4 is 0 Å². The van der Waals surface area contributed by atoms with Gasteiger partial charge in [0.2, 0.25) is 0 Å². The Morgan fingerprint density at radius 2 is 1.71 bits per heavy atom. The normalized spacial score (nSPS) is 11.4. The van der Waals surface area contributed by atoms with Crippen LogP contribution in [0.2, 0.25) is 0 Å². The average Bonchev–Trinajstić information content (AvgIpc) is 3.43. The molecule has 0 saturated heterocycles.